The molecule has 6 nitrogen and oxygen atoms in total. The van der Waals surface area contributed by atoms with Crippen molar-refractivity contribution in [3.8, 4) is 16.3 Å². The Labute approximate surface area is 179 Å². The molecule has 0 aliphatic carbocycles. The van der Waals surface area contributed by atoms with Crippen LogP contribution < -0.4 is 10.1 Å². The molecule has 7 heteroatoms. The SMILES string of the molecule is CCC(NC(=O)c1cc(-c2cccs2)nc2c1c(C)nn2C)c1ccc(OC)cc1. The number of hydrogen-bond donors (Lipinski definition) is 1. The highest BCUT2D eigenvalue weighted by Gasteiger charge is 2.22. The molecule has 0 radical (unpaired) electrons. The lowest BCUT2D eigenvalue weighted by Gasteiger charge is -2.18. The summed E-state index contributed by atoms with van der Waals surface area (Å²) < 4.78 is 6.98. The standard InChI is InChI=1S/C23H24N4O2S/c1-5-18(15-8-10-16(29-4)11-9-15)25-23(28)17-13-19(20-7-6-12-30-20)24-22-21(17)14(2)26-27(22)3/h6-13,18H,5H2,1-4H3,(H,25,28). The third-order valence-corrected chi connectivity index (χ3v) is 6.11. The van der Waals surface area contributed by atoms with E-state index in [1.54, 1.807) is 23.1 Å². The molecule has 4 rings (SSSR count). The van der Waals surface area contributed by atoms with E-state index < -0.39 is 0 Å². The number of ether oxygens (including phenoxy) is 1. The van der Waals surface area contributed by atoms with Crippen LogP contribution >= 0.6 is 11.3 Å². The number of pyridine rings is 1. The molecule has 3 aromatic heterocycles. The van der Waals surface area contributed by atoms with Crippen molar-refractivity contribution in [3.05, 3.63) is 64.7 Å². The number of rotatable bonds is 6. The van der Waals surface area contributed by atoms with E-state index in [1.165, 1.54) is 0 Å². The smallest absolute Gasteiger partial charge is 0.252 e. The van der Waals surface area contributed by atoms with Gasteiger partial charge in [0, 0.05) is 7.05 Å². The number of hydrogen-bond acceptors (Lipinski definition) is 5. The summed E-state index contributed by atoms with van der Waals surface area (Å²) in [5.41, 5.74) is 3.92. The van der Waals surface area contributed by atoms with E-state index in [4.69, 9.17) is 9.72 Å². The molecule has 30 heavy (non-hydrogen) atoms. The van der Waals surface area contributed by atoms with Crippen LogP contribution in [0.25, 0.3) is 21.6 Å². The van der Waals surface area contributed by atoms with Gasteiger partial charge in [0.1, 0.15) is 5.75 Å². The number of nitrogens with one attached hydrogen (secondary N) is 1. The van der Waals surface area contributed by atoms with E-state index >= 15 is 0 Å². The van der Waals surface area contributed by atoms with Crippen LogP contribution in [0, 0.1) is 6.92 Å². The molecule has 0 fully saturated rings. The molecule has 0 saturated heterocycles. The zero-order valence-electron chi connectivity index (χ0n) is 17.5. The Hall–Kier alpha value is -3.19. The highest BCUT2D eigenvalue weighted by atomic mass is 32.1. The van der Waals surface area contributed by atoms with Gasteiger partial charge in [0.15, 0.2) is 5.65 Å². The lowest BCUT2D eigenvalue weighted by atomic mass is 10.0. The van der Waals surface area contributed by atoms with Crippen molar-refractivity contribution in [1.29, 1.82) is 0 Å². The molecule has 4 aromatic rings. The minimum atomic E-state index is -0.126. The minimum absolute atomic E-state index is 0.103. The summed E-state index contributed by atoms with van der Waals surface area (Å²) in [6.45, 7) is 3.97. The number of fused-ring (bicyclic) bond motifs is 1. The summed E-state index contributed by atoms with van der Waals surface area (Å²) in [5, 5.41) is 10.5. The van der Waals surface area contributed by atoms with Crippen molar-refractivity contribution in [2.45, 2.75) is 26.3 Å². The fourth-order valence-corrected chi connectivity index (χ4v) is 4.35. The van der Waals surface area contributed by atoms with E-state index in [-0.39, 0.29) is 11.9 Å². The Morgan fingerprint density at radius 1 is 1.27 bits per heavy atom. The number of carbonyl (C=O) groups excluding carboxylic acids is 1. The third kappa shape index (κ3) is 3.68. The minimum Gasteiger partial charge on any atom is -0.497 e. The number of benzene rings is 1. The van der Waals surface area contributed by atoms with E-state index in [0.29, 0.717) is 11.2 Å². The van der Waals surface area contributed by atoms with Crippen LogP contribution in [-0.4, -0.2) is 27.8 Å². The van der Waals surface area contributed by atoms with Crippen LogP contribution in [0.3, 0.4) is 0 Å². The first-order valence-corrected chi connectivity index (χ1v) is 10.7. The highest BCUT2D eigenvalue weighted by Crippen LogP contribution is 2.30. The van der Waals surface area contributed by atoms with Crippen molar-refractivity contribution in [3.63, 3.8) is 0 Å². The van der Waals surface area contributed by atoms with Crippen molar-refractivity contribution in [2.75, 3.05) is 7.11 Å². The number of thiophene rings is 1. The Morgan fingerprint density at radius 3 is 2.67 bits per heavy atom. The zero-order chi connectivity index (χ0) is 21.3. The second-order valence-electron chi connectivity index (χ2n) is 7.15. The topological polar surface area (TPSA) is 69.0 Å². The summed E-state index contributed by atoms with van der Waals surface area (Å²) in [4.78, 5) is 19.2. The molecule has 1 N–H and O–H groups in total. The van der Waals surface area contributed by atoms with Crippen molar-refractivity contribution >= 4 is 28.3 Å². The normalized spacial score (nSPS) is 12.1. The Morgan fingerprint density at radius 2 is 2.03 bits per heavy atom. The summed E-state index contributed by atoms with van der Waals surface area (Å²) in [7, 11) is 3.50. The van der Waals surface area contributed by atoms with Crippen molar-refractivity contribution < 1.29 is 9.53 Å². The molecule has 1 aromatic carbocycles. The first-order chi connectivity index (χ1) is 14.5. The predicted molar refractivity (Wildman–Crippen MR) is 120 cm³/mol. The second-order valence-corrected chi connectivity index (χ2v) is 8.10. The van der Waals surface area contributed by atoms with Crippen LogP contribution in [-0.2, 0) is 7.05 Å². The van der Waals surface area contributed by atoms with E-state index in [2.05, 4.69) is 17.3 Å². The maximum atomic E-state index is 13.4. The van der Waals surface area contributed by atoms with Crippen LogP contribution in [0.15, 0.2) is 47.8 Å². The fourth-order valence-electron chi connectivity index (χ4n) is 3.67. The van der Waals surface area contributed by atoms with Crippen LogP contribution in [0.2, 0.25) is 0 Å². The third-order valence-electron chi connectivity index (χ3n) is 5.22. The first kappa shape index (κ1) is 20.1. The molecular formula is C23H24N4O2S. The van der Waals surface area contributed by atoms with Gasteiger partial charge in [-0.2, -0.15) is 5.10 Å². The summed E-state index contributed by atoms with van der Waals surface area (Å²) in [5.74, 6) is 0.668. The van der Waals surface area contributed by atoms with Gasteiger partial charge < -0.3 is 10.1 Å². The molecule has 0 aliphatic heterocycles. The number of aryl methyl sites for hydroxylation is 2. The van der Waals surface area contributed by atoms with E-state index in [1.807, 2.05) is 61.8 Å². The second kappa shape index (κ2) is 8.28. The zero-order valence-corrected chi connectivity index (χ0v) is 18.3. The van der Waals surface area contributed by atoms with Gasteiger partial charge in [0.05, 0.1) is 40.4 Å². The summed E-state index contributed by atoms with van der Waals surface area (Å²) >= 11 is 1.60. The lowest BCUT2D eigenvalue weighted by molar-refractivity contribution is 0.0937. The van der Waals surface area contributed by atoms with Gasteiger partial charge in [-0.3, -0.25) is 9.48 Å². The molecule has 0 saturated carbocycles. The molecule has 3 heterocycles. The molecule has 0 spiro atoms. The van der Waals surface area contributed by atoms with Crippen LogP contribution in [0.1, 0.15) is 41.0 Å². The first-order valence-electron chi connectivity index (χ1n) is 9.84. The number of carbonyl (C=O) groups is 1. The summed E-state index contributed by atoms with van der Waals surface area (Å²) in [6.07, 6.45) is 0.774. The van der Waals surface area contributed by atoms with E-state index in [9.17, 15) is 4.79 Å². The predicted octanol–water partition coefficient (Wildman–Crippen LogP) is 4.89. The highest BCUT2D eigenvalue weighted by molar-refractivity contribution is 7.13. The van der Waals surface area contributed by atoms with Gasteiger partial charge in [-0.15, -0.1) is 11.3 Å². The molecule has 154 valence electrons. The molecule has 1 amide bonds. The van der Waals surface area contributed by atoms with Crippen LogP contribution in [0.5, 0.6) is 5.75 Å². The molecule has 1 unspecified atom stereocenters. The van der Waals surface area contributed by atoms with Gasteiger partial charge in [0.25, 0.3) is 5.91 Å². The molecule has 0 bridgehead atoms. The van der Waals surface area contributed by atoms with Crippen molar-refractivity contribution in [1.82, 2.24) is 20.1 Å². The Kier molecular flexibility index (Phi) is 5.55. The van der Waals surface area contributed by atoms with E-state index in [0.717, 1.165) is 39.4 Å². The number of amides is 1. The molecular weight excluding hydrogens is 396 g/mol. The molecule has 1 atom stereocenters. The fraction of sp³-hybridized carbons (Fsp3) is 0.261. The average molecular weight is 421 g/mol. The largest absolute Gasteiger partial charge is 0.497 e. The van der Waals surface area contributed by atoms with Gasteiger partial charge in [-0.05, 0) is 48.6 Å². The van der Waals surface area contributed by atoms with Crippen molar-refractivity contribution in [2.24, 2.45) is 7.05 Å². The number of nitrogens with zero attached hydrogens (tertiary/aromatic N) is 3. The Balaban J connectivity index is 1.74. The monoisotopic (exact) mass is 420 g/mol. The maximum absolute atomic E-state index is 13.4. The number of aromatic nitrogens is 3. The van der Waals surface area contributed by atoms with Gasteiger partial charge in [-0.1, -0.05) is 25.1 Å². The lowest BCUT2D eigenvalue weighted by Crippen LogP contribution is -2.28. The van der Waals surface area contributed by atoms with Gasteiger partial charge in [0.2, 0.25) is 0 Å². The quantitative estimate of drug-likeness (QED) is 0.482. The maximum Gasteiger partial charge on any atom is 0.252 e. The Bertz CT molecular complexity index is 1180. The summed E-state index contributed by atoms with van der Waals surface area (Å²) in [6, 6.07) is 13.6. The van der Waals surface area contributed by atoms with Crippen LogP contribution in [0.4, 0.5) is 0 Å². The average Bonchev–Trinajstić information content (AvgIpc) is 3.40. The van der Waals surface area contributed by atoms with Gasteiger partial charge in [-0.25, -0.2) is 4.98 Å². The van der Waals surface area contributed by atoms with Gasteiger partial charge >= 0.3 is 0 Å². The molecule has 0 aliphatic rings. The number of methoxy groups -OCH3 is 1.